The molecule has 4 aliphatic carbocycles. The van der Waals surface area contributed by atoms with Gasteiger partial charge >= 0.3 is 11.9 Å². The van der Waals surface area contributed by atoms with E-state index in [1.165, 1.54) is 19.9 Å². The zero-order chi connectivity index (χ0) is 28.8. The molecule has 0 aromatic rings. The van der Waals surface area contributed by atoms with E-state index in [2.05, 4.69) is 0 Å². The molecule has 0 radical (unpaired) electrons. The van der Waals surface area contributed by atoms with Crippen LogP contribution in [0.3, 0.4) is 0 Å². The summed E-state index contributed by atoms with van der Waals surface area (Å²) in [7, 11) is 0. The zero-order valence-electron chi connectivity index (χ0n) is 23.3. The first kappa shape index (κ1) is 28.2. The monoisotopic (exact) mass is 544 g/mol. The maximum absolute atomic E-state index is 13.3. The van der Waals surface area contributed by atoms with Gasteiger partial charge < -0.3 is 29.9 Å². The Morgan fingerprint density at radius 1 is 1.23 bits per heavy atom. The van der Waals surface area contributed by atoms with Gasteiger partial charge in [-0.25, -0.2) is 4.79 Å². The Morgan fingerprint density at radius 2 is 1.92 bits per heavy atom. The van der Waals surface area contributed by atoms with Gasteiger partial charge in [-0.1, -0.05) is 23.3 Å². The third kappa shape index (κ3) is 3.49. The maximum Gasteiger partial charge on any atom is 0.334 e. The number of fused-ring (bicyclic) bond motifs is 5. The highest BCUT2D eigenvalue weighted by Crippen LogP contribution is 2.68. The van der Waals surface area contributed by atoms with Gasteiger partial charge in [-0.05, 0) is 77.7 Å². The van der Waals surface area contributed by atoms with Crippen molar-refractivity contribution >= 4 is 17.7 Å². The van der Waals surface area contributed by atoms with E-state index in [0.717, 1.165) is 5.57 Å². The van der Waals surface area contributed by atoms with Crippen LogP contribution in [0, 0.1) is 22.7 Å². The van der Waals surface area contributed by atoms with Gasteiger partial charge in [0.25, 0.3) is 0 Å². The van der Waals surface area contributed by atoms with Crippen molar-refractivity contribution in [2.24, 2.45) is 22.7 Å². The number of esters is 2. The number of ketones is 1. The molecule has 0 unspecified atom stereocenters. The van der Waals surface area contributed by atoms with E-state index in [0.29, 0.717) is 17.6 Å². The number of carbonyl (C=O) groups excluding carboxylic acids is 3. The molecule has 9 nitrogen and oxygen atoms in total. The molecule has 5 rings (SSSR count). The summed E-state index contributed by atoms with van der Waals surface area (Å²) >= 11 is 0. The van der Waals surface area contributed by atoms with Crippen LogP contribution in [0.25, 0.3) is 0 Å². The zero-order valence-corrected chi connectivity index (χ0v) is 23.3. The Bertz CT molecular complexity index is 1210. The molecule has 2 saturated carbocycles. The van der Waals surface area contributed by atoms with Crippen molar-refractivity contribution in [2.75, 3.05) is 6.61 Å². The fourth-order valence-electron chi connectivity index (χ4n) is 8.55. The predicted octanol–water partition coefficient (Wildman–Crippen LogP) is 2.06. The number of rotatable bonds is 4. The number of hydrogen-bond donors (Lipinski definition) is 4. The summed E-state index contributed by atoms with van der Waals surface area (Å²) in [6, 6.07) is 0. The van der Waals surface area contributed by atoms with Crippen molar-refractivity contribution in [2.45, 2.75) is 102 Å². The summed E-state index contributed by atoms with van der Waals surface area (Å²) in [5, 5.41) is 47.5. The molecule has 5 aliphatic rings. The van der Waals surface area contributed by atoms with Gasteiger partial charge in [0.1, 0.15) is 29.5 Å². The Balaban J connectivity index is 1.59. The summed E-state index contributed by atoms with van der Waals surface area (Å²) in [4.78, 5) is 37.9. The van der Waals surface area contributed by atoms with E-state index in [-0.39, 0.29) is 50.4 Å². The van der Waals surface area contributed by atoms with E-state index in [9.17, 15) is 34.8 Å². The molecule has 0 bridgehead atoms. The van der Waals surface area contributed by atoms with Gasteiger partial charge in [-0.15, -0.1) is 0 Å². The van der Waals surface area contributed by atoms with Crippen LogP contribution in [0.1, 0.15) is 73.1 Å². The predicted molar refractivity (Wildman–Crippen MR) is 139 cm³/mol. The standard InChI is InChI=1S/C30H40O9/c1-16-13-24(39-25(34)17(16)2)27(5,35)30(37)12-9-21-19-14-23(33)29(36)10-6-7-22(32)26(29,4)20(19)8-11-28(21,30)15-38-18(3)31/h6-7,9,19-20,23-24,33,35-37H,8,10-15H2,1-5H3/t19-,20+,23-,24-,26+,27+,28-,29+,30-/m1/s1. The summed E-state index contributed by atoms with van der Waals surface area (Å²) < 4.78 is 11.2. The molecular weight excluding hydrogens is 504 g/mol. The lowest BCUT2D eigenvalue weighted by atomic mass is 9.43. The van der Waals surface area contributed by atoms with Gasteiger partial charge in [0.05, 0.1) is 16.9 Å². The second-order valence-electron chi connectivity index (χ2n) is 12.8. The van der Waals surface area contributed by atoms with Crippen LogP contribution in [-0.4, -0.2) is 73.8 Å². The van der Waals surface area contributed by atoms with Crippen molar-refractivity contribution in [3.8, 4) is 0 Å². The van der Waals surface area contributed by atoms with Crippen molar-refractivity contribution < 1.29 is 44.3 Å². The Morgan fingerprint density at radius 3 is 2.56 bits per heavy atom. The minimum atomic E-state index is -1.93. The summed E-state index contributed by atoms with van der Waals surface area (Å²) in [6.07, 6.45) is 3.87. The minimum absolute atomic E-state index is 0.000535. The van der Waals surface area contributed by atoms with E-state index in [1.807, 2.05) is 6.08 Å². The lowest BCUT2D eigenvalue weighted by Crippen LogP contribution is -2.72. The topological polar surface area (TPSA) is 151 Å². The fraction of sp³-hybridized carbons (Fsp3) is 0.700. The number of aliphatic hydroxyl groups is 4. The highest BCUT2D eigenvalue weighted by Gasteiger charge is 2.73. The van der Waals surface area contributed by atoms with Crippen LogP contribution < -0.4 is 0 Å². The summed E-state index contributed by atoms with van der Waals surface area (Å²) in [5.41, 5.74) is -6.00. The second-order valence-corrected chi connectivity index (χ2v) is 12.8. The largest absolute Gasteiger partial charge is 0.465 e. The first-order chi connectivity index (χ1) is 18.1. The van der Waals surface area contributed by atoms with Crippen LogP contribution in [0.4, 0.5) is 0 Å². The molecule has 0 aromatic heterocycles. The first-order valence-corrected chi connectivity index (χ1v) is 13.8. The van der Waals surface area contributed by atoms with Gasteiger partial charge in [0.15, 0.2) is 5.78 Å². The normalized spacial score (nSPS) is 45.0. The van der Waals surface area contributed by atoms with E-state index < -0.39 is 57.7 Å². The number of ether oxygens (including phenoxy) is 2. The molecule has 2 fully saturated rings. The third-order valence-electron chi connectivity index (χ3n) is 11.3. The molecule has 214 valence electrons. The fourth-order valence-corrected chi connectivity index (χ4v) is 8.55. The van der Waals surface area contributed by atoms with Crippen molar-refractivity contribution in [1.29, 1.82) is 0 Å². The van der Waals surface area contributed by atoms with Crippen LogP contribution in [0.2, 0.25) is 0 Å². The molecule has 0 saturated heterocycles. The van der Waals surface area contributed by atoms with Crippen LogP contribution >= 0.6 is 0 Å². The van der Waals surface area contributed by atoms with Crippen LogP contribution in [0.5, 0.6) is 0 Å². The lowest BCUT2D eigenvalue weighted by Gasteiger charge is -2.63. The van der Waals surface area contributed by atoms with Crippen LogP contribution in [0.15, 0.2) is 34.9 Å². The first-order valence-electron chi connectivity index (χ1n) is 13.8. The van der Waals surface area contributed by atoms with Gasteiger partial charge in [0.2, 0.25) is 0 Å². The van der Waals surface area contributed by atoms with Crippen molar-refractivity contribution in [3.63, 3.8) is 0 Å². The lowest BCUT2D eigenvalue weighted by molar-refractivity contribution is -0.257. The number of hydrogen-bond acceptors (Lipinski definition) is 9. The van der Waals surface area contributed by atoms with Crippen molar-refractivity contribution in [3.05, 3.63) is 34.9 Å². The highest BCUT2D eigenvalue weighted by atomic mass is 16.6. The van der Waals surface area contributed by atoms with E-state index >= 15 is 0 Å². The van der Waals surface area contributed by atoms with Crippen LogP contribution in [-0.2, 0) is 23.9 Å². The highest BCUT2D eigenvalue weighted by molar-refractivity contribution is 5.97. The summed E-state index contributed by atoms with van der Waals surface area (Å²) in [5.74, 6) is -2.09. The number of carbonyl (C=O) groups is 3. The van der Waals surface area contributed by atoms with E-state index in [4.69, 9.17) is 9.47 Å². The second kappa shape index (κ2) is 8.83. The molecule has 1 heterocycles. The Kier molecular flexibility index (Phi) is 6.39. The third-order valence-corrected chi connectivity index (χ3v) is 11.3. The Hall–Kier alpha value is -2.33. The molecule has 0 amide bonds. The average molecular weight is 545 g/mol. The molecule has 0 spiro atoms. The molecule has 39 heavy (non-hydrogen) atoms. The summed E-state index contributed by atoms with van der Waals surface area (Å²) in [6.45, 7) is 7.69. The van der Waals surface area contributed by atoms with Gasteiger partial charge in [0, 0.05) is 18.9 Å². The molecular formula is C30H40O9. The average Bonchev–Trinajstić information content (AvgIpc) is 3.18. The minimum Gasteiger partial charge on any atom is -0.465 e. The molecule has 9 heteroatoms. The smallest absolute Gasteiger partial charge is 0.334 e. The SMILES string of the molecule is CC(=O)OC[C@]12CC[C@H]3[C@@H](C[C@@H](O)[C@@]4(O)CC=CC(=O)[C@]34C)C1=CC[C@@]2(O)[C@@](C)(O)[C@H]1CC(C)=C(C)C(=O)O1. The maximum atomic E-state index is 13.3. The molecule has 1 aliphatic heterocycles. The number of allylic oxidation sites excluding steroid dienone is 1. The van der Waals surface area contributed by atoms with Gasteiger partial charge in [-0.2, -0.15) is 0 Å². The Labute approximate surface area is 228 Å². The quantitative estimate of drug-likeness (QED) is 0.308. The van der Waals surface area contributed by atoms with Crippen molar-refractivity contribution in [1.82, 2.24) is 0 Å². The molecule has 0 aromatic carbocycles. The van der Waals surface area contributed by atoms with E-state index in [1.54, 1.807) is 26.8 Å². The van der Waals surface area contributed by atoms with Gasteiger partial charge in [-0.3, -0.25) is 9.59 Å². The molecule has 4 N–H and O–H groups in total. The number of cyclic esters (lactones) is 1. The number of aliphatic hydroxyl groups excluding tert-OH is 1. The molecule has 9 atom stereocenters.